The highest BCUT2D eigenvalue weighted by atomic mass is 19.1. The minimum absolute atomic E-state index is 0.345. The van der Waals surface area contributed by atoms with Crippen LogP contribution in [0.4, 0.5) is 8.78 Å². The first kappa shape index (κ1) is 26.5. The van der Waals surface area contributed by atoms with Gasteiger partial charge in [0.2, 0.25) is 0 Å². The molecule has 0 saturated carbocycles. The molecule has 1 unspecified atom stereocenters. The molecule has 0 radical (unpaired) electrons. The van der Waals surface area contributed by atoms with Gasteiger partial charge in [0.1, 0.15) is 17.2 Å². The van der Waals surface area contributed by atoms with Crippen molar-refractivity contribution in [3.05, 3.63) is 64.2 Å². The van der Waals surface area contributed by atoms with Gasteiger partial charge in [-0.05, 0) is 55.4 Å². The number of halogens is 2. The van der Waals surface area contributed by atoms with Crippen LogP contribution in [0.3, 0.4) is 0 Å². The standard InChI is InChI=1S/C24H31BF2N2O4/c1-7-8-20(24(4,5)6)29(23(31)16-10-14(2)9-15(3)11-16)28-22(30)21-18(26)12-17(25(32)33)13-19(21)27/h9-13,20,32-33H,7-8H2,1-6H3,(H,28,30). The van der Waals surface area contributed by atoms with E-state index in [2.05, 4.69) is 5.43 Å². The first-order valence-electron chi connectivity index (χ1n) is 10.8. The summed E-state index contributed by atoms with van der Waals surface area (Å²) in [6.07, 6.45) is 1.25. The van der Waals surface area contributed by atoms with Crippen molar-refractivity contribution in [3.8, 4) is 0 Å². The molecule has 0 heterocycles. The zero-order chi connectivity index (χ0) is 25.1. The molecule has 0 saturated heterocycles. The predicted molar refractivity (Wildman–Crippen MR) is 124 cm³/mol. The lowest BCUT2D eigenvalue weighted by atomic mass is 9.79. The fourth-order valence-corrected chi connectivity index (χ4v) is 3.85. The molecule has 2 aromatic rings. The van der Waals surface area contributed by atoms with Gasteiger partial charge in [-0.3, -0.25) is 15.0 Å². The first-order valence-corrected chi connectivity index (χ1v) is 10.8. The Balaban J connectivity index is 2.54. The van der Waals surface area contributed by atoms with Gasteiger partial charge in [-0.25, -0.2) is 13.8 Å². The molecule has 2 aromatic carbocycles. The van der Waals surface area contributed by atoms with Crippen molar-refractivity contribution < 1.29 is 28.4 Å². The number of aryl methyl sites for hydroxylation is 2. The number of amides is 2. The van der Waals surface area contributed by atoms with Crippen molar-refractivity contribution in [2.24, 2.45) is 5.41 Å². The summed E-state index contributed by atoms with van der Waals surface area (Å²) in [5, 5.41) is 19.5. The quantitative estimate of drug-likeness (QED) is 0.456. The summed E-state index contributed by atoms with van der Waals surface area (Å²) >= 11 is 0. The summed E-state index contributed by atoms with van der Waals surface area (Å²) in [7, 11) is -2.09. The average Bonchev–Trinajstić information content (AvgIpc) is 2.67. The summed E-state index contributed by atoms with van der Waals surface area (Å²) in [5.74, 6) is -4.17. The fourth-order valence-electron chi connectivity index (χ4n) is 3.85. The van der Waals surface area contributed by atoms with Gasteiger partial charge >= 0.3 is 7.12 Å². The third kappa shape index (κ3) is 6.39. The van der Waals surface area contributed by atoms with Gasteiger partial charge in [-0.2, -0.15) is 0 Å². The van der Waals surface area contributed by atoms with Crippen LogP contribution in [0.1, 0.15) is 72.4 Å². The first-order chi connectivity index (χ1) is 15.3. The van der Waals surface area contributed by atoms with Crippen molar-refractivity contribution in [3.63, 3.8) is 0 Å². The molecule has 0 aliphatic carbocycles. The maximum atomic E-state index is 14.6. The molecule has 3 N–H and O–H groups in total. The number of carbonyl (C=O) groups excluding carboxylic acids is 2. The van der Waals surface area contributed by atoms with Crippen LogP contribution in [-0.2, 0) is 0 Å². The zero-order valence-corrected chi connectivity index (χ0v) is 19.9. The van der Waals surface area contributed by atoms with Crippen LogP contribution in [0, 0.1) is 30.9 Å². The molecule has 178 valence electrons. The van der Waals surface area contributed by atoms with E-state index in [1.807, 2.05) is 47.6 Å². The Labute approximate surface area is 193 Å². The molecule has 0 bridgehead atoms. The normalized spacial score (nSPS) is 12.3. The van der Waals surface area contributed by atoms with E-state index in [4.69, 9.17) is 0 Å². The number of hydrogen-bond donors (Lipinski definition) is 3. The summed E-state index contributed by atoms with van der Waals surface area (Å²) in [6.45, 7) is 11.4. The summed E-state index contributed by atoms with van der Waals surface area (Å²) in [5.41, 5.74) is 2.70. The largest absolute Gasteiger partial charge is 0.488 e. The molecule has 2 rings (SSSR count). The second-order valence-corrected chi connectivity index (χ2v) is 9.40. The highest BCUT2D eigenvalue weighted by molar-refractivity contribution is 6.58. The van der Waals surface area contributed by atoms with E-state index in [1.54, 1.807) is 12.1 Å². The Morgan fingerprint density at radius 2 is 1.55 bits per heavy atom. The van der Waals surface area contributed by atoms with Crippen LogP contribution in [0.5, 0.6) is 0 Å². The molecule has 0 aliphatic heterocycles. The summed E-state index contributed by atoms with van der Waals surface area (Å²) in [6, 6.07) is 6.18. The lowest BCUT2D eigenvalue weighted by Gasteiger charge is -2.40. The molecule has 0 spiro atoms. The fraction of sp³-hybridized carbons (Fsp3) is 0.417. The predicted octanol–water partition coefficient (Wildman–Crippen LogP) is 3.26. The average molecular weight is 460 g/mol. The van der Waals surface area contributed by atoms with Crippen LogP contribution in [0.25, 0.3) is 0 Å². The SMILES string of the molecule is CCCC(N(NC(=O)c1c(F)cc(B(O)O)cc1F)C(=O)c1cc(C)cc(C)c1)C(C)(C)C. The topological polar surface area (TPSA) is 89.9 Å². The molecule has 33 heavy (non-hydrogen) atoms. The van der Waals surface area contributed by atoms with Crippen LogP contribution >= 0.6 is 0 Å². The number of benzene rings is 2. The number of nitrogens with one attached hydrogen (secondary N) is 1. The summed E-state index contributed by atoms with van der Waals surface area (Å²) in [4.78, 5) is 26.5. The number of hydrazine groups is 1. The van der Waals surface area contributed by atoms with Gasteiger partial charge in [-0.1, -0.05) is 51.3 Å². The molecule has 1 atom stereocenters. The smallest absolute Gasteiger partial charge is 0.423 e. The van der Waals surface area contributed by atoms with Crippen molar-refractivity contribution in [1.29, 1.82) is 0 Å². The lowest BCUT2D eigenvalue weighted by Crippen LogP contribution is -2.56. The molecule has 6 nitrogen and oxygen atoms in total. The van der Waals surface area contributed by atoms with Crippen molar-refractivity contribution in [2.45, 2.75) is 60.4 Å². The Morgan fingerprint density at radius 3 is 1.97 bits per heavy atom. The highest BCUT2D eigenvalue weighted by Gasteiger charge is 2.36. The van der Waals surface area contributed by atoms with E-state index in [1.165, 1.54) is 0 Å². The minimum Gasteiger partial charge on any atom is -0.423 e. The molecule has 2 amide bonds. The third-order valence-electron chi connectivity index (χ3n) is 5.37. The highest BCUT2D eigenvalue weighted by Crippen LogP contribution is 2.29. The summed E-state index contributed by atoms with van der Waals surface area (Å²) < 4.78 is 29.1. The van der Waals surface area contributed by atoms with E-state index in [0.717, 1.165) is 16.1 Å². The van der Waals surface area contributed by atoms with E-state index in [-0.39, 0.29) is 0 Å². The molecule has 9 heteroatoms. The van der Waals surface area contributed by atoms with E-state index in [0.29, 0.717) is 30.5 Å². The molecular weight excluding hydrogens is 429 g/mol. The van der Waals surface area contributed by atoms with Gasteiger partial charge in [0.15, 0.2) is 0 Å². The molecule has 0 fully saturated rings. The van der Waals surface area contributed by atoms with E-state index in [9.17, 15) is 28.4 Å². The van der Waals surface area contributed by atoms with E-state index < -0.39 is 53.1 Å². The maximum Gasteiger partial charge on any atom is 0.488 e. The van der Waals surface area contributed by atoms with Crippen LogP contribution in [0.15, 0.2) is 30.3 Å². The van der Waals surface area contributed by atoms with Gasteiger partial charge < -0.3 is 10.0 Å². The van der Waals surface area contributed by atoms with Gasteiger partial charge in [0.25, 0.3) is 11.8 Å². The molecular formula is C24H31BF2N2O4. The number of carbonyl (C=O) groups is 2. The Morgan fingerprint density at radius 1 is 1.03 bits per heavy atom. The second-order valence-electron chi connectivity index (χ2n) is 9.40. The van der Waals surface area contributed by atoms with Crippen LogP contribution in [-0.4, -0.2) is 40.0 Å². The van der Waals surface area contributed by atoms with Crippen LogP contribution < -0.4 is 10.9 Å². The Hall–Kier alpha value is -2.78. The number of nitrogens with zero attached hydrogens (tertiary/aromatic N) is 1. The third-order valence-corrected chi connectivity index (χ3v) is 5.37. The van der Waals surface area contributed by atoms with Crippen molar-refractivity contribution >= 4 is 24.4 Å². The van der Waals surface area contributed by atoms with Gasteiger partial charge in [0.05, 0.1) is 6.04 Å². The zero-order valence-electron chi connectivity index (χ0n) is 19.9. The Kier molecular flexibility index (Phi) is 8.38. The molecule has 0 aliphatic rings. The number of hydrogen-bond acceptors (Lipinski definition) is 4. The maximum absolute atomic E-state index is 14.6. The monoisotopic (exact) mass is 460 g/mol. The second kappa shape index (κ2) is 10.4. The van der Waals surface area contributed by atoms with Gasteiger partial charge in [0, 0.05) is 5.56 Å². The van der Waals surface area contributed by atoms with Gasteiger partial charge in [-0.15, -0.1) is 0 Å². The minimum atomic E-state index is -2.09. The van der Waals surface area contributed by atoms with Crippen molar-refractivity contribution in [2.75, 3.05) is 0 Å². The Bertz CT molecular complexity index is 994. The van der Waals surface area contributed by atoms with E-state index >= 15 is 0 Å². The number of rotatable bonds is 6. The molecule has 0 aromatic heterocycles. The van der Waals surface area contributed by atoms with Crippen molar-refractivity contribution in [1.82, 2.24) is 10.4 Å². The lowest BCUT2D eigenvalue weighted by molar-refractivity contribution is 0.0268. The van der Waals surface area contributed by atoms with Crippen LogP contribution in [0.2, 0.25) is 0 Å².